The quantitative estimate of drug-likeness (QED) is 0.849. The maximum absolute atomic E-state index is 12.9. The second kappa shape index (κ2) is 6.35. The van der Waals surface area contributed by atoms with Gasteiger partial charge in [-0.25, -0.2) is 13.1 Å². The maximum atomic E-state index is 12.9. The van der Waals surface area contributed by atoms with Gasteiger partial charge in [-0.05, 0) is 37.8 Å². The van der Waals surface area contributed by atoms with Gasteiger partial charge in [0.25, 0.3) is 0 Å². The zero-order chi connectivity index (χ0) is 15.9. The van der Waals surface area contributed by atoms with Gasteiger partial charge in [-0.15, -0.1) is 12.4 Å². The number of alkyl halides is 3. The standard InChI is InChI=1S/C13H17F3N2O2S.ClH/c1-12(8-17,9-6-7-9)18-21(19,20)11-5-3-2-4-10(11)13(14,15)16;/h2-5,9,18H,6-8,17H2,1H3;1H. The van der Waals surface area contributed by atoms with Gasteiger partial charge in [-0.1, -0.05) is 12.1 Å². The van der Waals surface area contributed by atoms with Crippen LogP contribution in [0.5, 0.6) is 0 Å². The Kier molecular flexibility index (Phi) is 5.55. The molecule has 3 N–H and O–H groups in total. The van der Waals surface area contributed by atoms with Crippen molar-refractivity contribution in [2.24, 2.45) is 11.7 Å². The van der Waals surface area contributed by atoms with Crippen LogP contribution < -0.4 is 10.5 Å². The van der Waals surface area contributed by atoms with Gasteiger partial charge in [-0.3, -0.25) is 0 Å². The predicted octanol–water partition coefficient (Wildman–Crippen LogP) is 2.53. The van der Waals surface area contributed by atoms with Crippen LogP contribution in [0.25, 0.3) is 0 Å². The smallest absolute Gasteiger partial charge is 0.329 e. The normalized spacial score (nSPS) is 18.4. The number of nitrogens with two attached hydrogens (primary N) is 1. The minimum absolute atomic E-state index is 0. The van der Waals surface area contributed by atoms with Crippen LogP contribution in [0.4, 0.5) is 13.2 Å². The molecule has 1 aromatic carbocycles. The Balaban J connectivity index is 0.00000242. The van der Waals surface area contributed by atoms with Gasteiger partial charge in [-0.2, -0.15) is 13.2 Å². The minimum atomic E-state index is -4.73. The van der Waals surface area contributed by atoms with Crippen molar-refractivity contribution < 1.29 is 21.6 Å². The van der Waals surface area contributed by atoms with Crippen LogP contribution in [0, 0.1) is 5.92 Å². The van der Waals surface area contributed by atoms with Crippen molar-refractivity contribution in [2.75, 3.05) is 6.54 Å². The van der Waals surface area contributed by atoms with E-state index < -0.39 is 32.2 Å². The van der Waals surface area contributed by atoms with E-state index in [-0.39, 0.29) is 24.9 Å². The second-order valence-electron chi connectivity index (χ2n) is 5.50. The number of sulfonamides is 1. The molecular weight excluding hydrogens is 341 g/mol. The third-order valence-electron chi connectivity index (χ3n) is 3.75. The molecule has 0 spiro atoms. The molecule has 2 rings (SSSR count). The van der Waals surface area contributed by atoms with E-state index in [1.807, 2.05) is 0 Å². The molecule has 22 heavy (non-hydrogen) atoms. The predicted molar refractivity (Wildman–Crippen MR) is 79.2 cm³/mol. The van der Waals surface area contributed by atoms with Crippen molar-refractivity contribution in [1.29, 1.82) is 0 Å². The van der Waals surface area contributed by atoms with Crippen molar-refractivity contribution >= 4 is 22.4 Å². The number of hydrogen-bond acceptors (Lipinski definition) is 3. The van der Waals surface area contributed by atoms with Gasteiger partial charge in [0.05, 0.1) is 10.5 Å². The molecule has 9 heteroatoms. The molecule has 0 aromatic heterocycles. The average Bonchev–Trinajstić information content (AvgIpc) is 3.22. The largest absolute Gasteiger partial charge is 0.417 e. The first-order valence-corrected chi connectivity index (χ1v) is 7.99. The molecule has 1 aliphatic carbocycles. The summed E-state index contributed by atoms with van der Waals surface area (Å²) in [5.74, 6) is 0.0651. The van der Waals surface area contributed by atoms with Gasteiger partial charge in [0.1, 0.15) is 0 Å². The van der Waals surface area contributed by atoms with E-state index in [2.05, 4.69) is 4.72 Å². The number of nitrogens with one attached hydrogen (secondary N) is 1. The first kappa shape index (κ1) is 19.2. The molecule has 0 radical (unpaired) electrons. The highest BCUT2D eigenvalue weighted by Gasteiger charge is 2.45. The lowest BCUT2D eigenvalue weighted by Gasteiger charge is -2.29. The Hall–Kier alpha value is -0.830. The van der Waals surface area contributed by atoms with E-state index in [0.717, 1.165) is 31.0 Å². The van der Waals surface area contributed by atoms with Crippen molar-refractivity contribution in [3.05, 3.63) is 29.8 Å². The molecule has 1 saturated carbocycles. The number of rotatable bonds is 5. The van der Waals surface area contributed by atoms with E-state index in [1.165, 1.54) is 6.07 Å². The summed E-state index contributed by atoms with van der Waals surface area (Å²) in [6.07, 6.45) is -3.10. The van der Waals surface area contributed by atoms with Crippen LogP contribution in [0.15, 0.2) is 29.2 Å². The zero-order valence-electron chi connectivity index (χ0n) is 11.9. The number of halogens is 4. The average molecular weight is 359 g/mol. The molecule has 0 heterocycles. The molecule has 0 saturated heterocycles. The number of hydrogen-bond donors (Lipinski definition) is 2. The summed E-state index contributed by atoms with van der Waals surface area (Å²) in [5, 5.41) is 0. The molecule has 1 aromatic rings. The van der Waals surface area contributed by atoms with Crippen LogP contribution >= 0.6 is 12.4 Å². The van der Waals surface area contributed by atoms with Crippen LogP contribution in [0.3, 0.4) is 0 Å². The fourth-order valence-electron chi connectivity index (χ4n) is 2.31. The Morgan fingerprint density at radius 2 is 1.82 bits per heavy atom. The van der Waals surface area contributed by atoms with E-state index in [9.17, 15) is 21.6 Å². The Morgan fingerprint density at radius 3 is 2.27 bits per heavy atom. The fourth-order valence-corrected chi connectivity index (χ4v) is 4.01. The molecular formula is C13H18ClF3N2O2S. The van der Waals surface area contributed by atoms with E-state index in [4.69, 9.17) is 5.73 Å². The molecule has 0 bridgehead atoms. The van der Waals surface area contributed by atoms with Gasteiger partial charge in [0.2, 0.25) is 10.0 Å². The fraction of sp³-hybridized carbons (Fsp3) is 0.538. The van der Waals surface area contributed by atoms with Crippen molar-refractivity contribution in [1.82, 2.24) is 4.72 Å². The molecule has 0 aliphatic heterocycles. The maximum Gasteiger partial charge on any atom is 0.417 e. The minimum Gasteiger partial charge on any atom is -0.329 e. The summed E-state index contributed by atoms with van der Waals surface area (Å²) >= 11 is 0. The highest BCUT2D eigenvalue weighted by molar-refractivity contribution is 7.89. The summed E-state index contributed by atoms with van der Waals surface area (Å²) in [7, 11) is -4.30. The van der Waals surface area contributed by atoms with E-state index in [0.29, 0.717) is 0 Å². The molecule has 1 atom stereocenters. The van der Waals surface area contributed by atoms with Gasteiger partial charge >= 0.3 is 6.18 Å². The lowest BCUT2D eigenvalue weighted by Crippen LogP contribution is -2.53. The number of benzene rings is 1. The summed E-state index contributed by atoms with van der Waals surface area (Å²) in [5.41, 5.74) is 3.52. The van der Waals surface area contributed by atoms with Gasteiger partial charge in [0.15, 0.2) is 0 Å². The van der Waals surface area contributed by atoms with Crippen molar-refractivity contribution in [3.63, 3.8) is 0 Å². The topological polar surface area (TPSA) is 72.2 Å². The molecule has 1 fully saturated rings. The highest BCUT2D eigenvalue weighted by Crippen LogP contribution is 2.40. The first-order valence-electron chi connectivity index (χ1n) is 6.50. The van der Waals surface area contributed by atoms with E-state index in [1.54, 1.807) is 6.92 Å². The van der Waals surface area contributed by atoms with Gasteiger partial charge in [0, 0.05) is 12.1 Å². The Morgan fingerprint density at radius 1 is 1.27 bits per heavy atom. The third-order valence-corrected chi connectivity index (χ3v) is 5.42. The van der Waals surface area contributed by atoms with Gasteiger partial charge < -0.3 is 5.73 Å². The summed E-state index contributed by atoms with van der Waals surface area (Å²) in [4.78, 5) is -0.766. The molecule has 4 nitrogen and oxygen atoms in total. The summed E-state index contributed by atoms with van der Waals surface area (Å²) in [6.45, 7) is 1.66. The van der Waals surface area contributed by atoms with Crippen LogP contribution in [0.2, 0.25) is 0 Å². The van der Waals surface area contributed by atoms with Crippen LogP contribution in [-0.4, -0.2) is 20.5 Å². The first-order chi connectivity index (χ1) is 9.60. The van der Waals surface area contributed by atoms with Crippen LogP contribution in [0.1, 0.15) is 25.3 Å². The monoisotopic (exact) mass is 358 g/mol. The second-order valence-corrected chi connectivity index (χ2v) is 7.15. The van der Waals surface area contributed by atoms with Crippen LogP contribution in [-0.2, 0) is 16.2 Å². The summed E-state index contributed by atoms with van der Waals surface area (Å²) in [6, 6.07) is 4.13. The Bertz CT molecular complexity index is 632. The van der Waals surface area contributed by atoms with Crippen molar-refractivity contribution in [2.45, 2.75) is 36.4 Å². The van der Waals surface area contributed by atoms with E-state index >= 15 is 0 Å². The molecule has 0 amide bonds. The molecule has 1 aliphatic rings. The lowest BCUT2D eigenvalue weighted by atomic mass is 9.98. The lowest BCUT2D eigenvalue weighted by molar-refractivity contribution is -0.139. The zero-order valence-corrected chi connectivity index (χ0v) is 13.5. The summed E-state index contributed by atoms with van der Waals surface area (Å²) < 4.78 is 65.9. The van der Waals surface area contributed by atoms with Crippen molar-refractivity contribution in [3.8, 4) is 0 Å². The molecule has 126 valence electrons. The highest BCUT2D eigenvalue weighted by atomic mass is 35.5. The Labute approximate surface area is 133 Å². The SMILES string of the molecule is CC(CN)(NS(=O)(=O)c1ccccc1C(F)(F)F)C1CC1.Cl. The third kappa shape index (κ3) is 3.92. The molecule has 1 unspecified atom stereocenters.